The lowest BCUT2D eigenvalue weighted by atomic mass is 10.0. The van der Waals surface area contributed by atoms with Gasteiger partial charge in [0.1, 0.15) is 11.0 Å². The van der Waals surface area contributed by atoms with Crippen molar-refractivity contribution in [1.29, 1.82) is 0 Å². The summed E-state index contributed by atoms with van der Waals surface area (Å²) >= 11 is 6.08. The number of rotatable bonds is 3. The van der Waals surface area contributed by atoms with Crippen molar-refractivity contribution in [2.75, 3.05) is 5.32 Å². The molecule has 0 aromatic carbocycles. The van der Waals surface area contributed by atoms with E-state index in [2.05, 4.69) is 32.5 Å². The maximum absolute atomic E-state index is 6.08. The summed E-state index contributed by atoms with van der Waals surface area (Å²) in [6, 6.07) is 4.06. The summed E-state index contributed by atoms with van der Waals surface area (Å²) in [7, 11) is 0. The third-order valence-corrected chi connectivity index (χ3v) is 3.43. The van der Waals surface area contributed by atoms with Gasteiger partial charge in [0, 0.05) is 18.3 Å². The van der Waals surface area contributed by atoms with Crippen LogP contribution in [0.4, 0.5) is 5.82 Å². The molecule has 0 saturated carbocycles. The second kappa shape index (κ2) is 5.63. The van der Waals surface area contributed by atoms with E-state index in [9.17, 15) is 0 Å². The minimum atomic E-state index is 0.401. The number of nitrogens with one attached hydrogen (secondary N) is 1. The number of nitrogens with zero attached hydrogens (tertiary/aromatic N) is 4. The van der Waals surface area contributed by atoms with Gasteiger partial charge in [0.25, 0.3) is 5.95 Å². The fourth-order valence-corrected chi connectivity index (χ4v) is 2.42. The van der Waals surface area contributed by atoms with E-state index in [1.807, 2.05) is 19.2 Å². The summed E-state index contributed by atoms with van der Waals surface area (Å²) in [5.41, 5.74) is 0.917. The quantitative estimate of drug-likeness (QED) is 0.697. The van der Waals surface area contributed by atoms with Crippen LogP contribution in [0, 0.1) is 6.92 Å². The maximum Gasteiger partial charge on any atom is 0.253 e. The van der Waals surface area contributed by atoms with E-state index in [-0.39, 0.29) is 0 Å². The second-order valence-electron chi connectivity index (χ2n) is 4.90. The number of hydrogen-bond donors (Lipinski definition) is 1. The van der Waals surface area contributed by atoms with Crippen molar-refractivity contribution < 1.29 is 0 Å². The van der Waals surface area contributed by atoms with E-state index in [0.717, 1.165) is 30.8 Å². The SMILES string of the molecule is Cc1ccn(-c2nc(Cl)cc(NC3CC=CCC3)n2)n1. The largest absolute Gasteiger partial charge is 0.367 e. The van der Waals surface area contributed by atoms with Gasteiger partial charge in [0.15, 0.2) is 0 Å². The molecule has 1 atom stereocenters. The first-order chi connectivity index (χ1) is 9.70. The highest BCUT2D eigenvalue weighted by Gasteiger charge is 2.12. The Hall–Kier alpha value is -1.88. The Labute approximate surface area is 122 Å². The van der Waals surface area contributed by atoms with Crippen LogP contribution in [0.3, 0.4) is 0 Å². The van der Waals surface area contributed by atoms with Crippen molar-refractivity contribution in [1.82, 2.24) is 19.7 Å². The zero-order chi connectivity index (χ0) is 13.9. The van der Waals surface area contributed by atoms with E-state index < -0.39 is 0 Å². The molecule has 2 aromatic heterocycles. The molecule has 0 radical (unpaired) electrons. The van der Waals surface area contributed by atoms with Gasteiger partial charge < -0.3 is 5.32 Å². The van der Waals surface area contributed by atoms with Crippen LogP contribution < -0.4 is 5.32 Å². The van der Waals surface area contributed by atoms with Gasteiger partial charge in [-0.25, -0.2) is 4.68 Å². The van der Waals surface area contributed by atoms with Crippen LogP contribution in [-0.4, -0.2) is 25.8 Å². The molecule has 0 spiro atoms. The van der Waals surface area contributed by atoms with Crippen LogP contribution >= 0.6 is 11.6 Å². The second-order valence-corrected chi connectivity index (χ2v) is 5.29. The Kier molecular flexibility index (Phi) is 3.69. The number of hydrogen-bond acceptors (Lipinski definition) is 4. The smallest absolute Gasteiger partial charge is 0.253 e. The molecular formula is C14H16ClN5. The van der Waals surface area contributed by atoms with E-state index in [4.69, 9.17) is 11.6 Å². The Bertz CT molecular complexity index is 634. The van der Waals surface area contributed by atoms with E-state index in [0.29, 0.717) is 17.1 Å². The van der Waals surface area contributed by atoms with Gasteiger partial charge in [-0.1, -0.05) is 23.8 Å². The highest BCUT2D eigenvalue weighted by atomic mass is 35.5. The molecule has 3 rings (SSSR count). The molecule has 1 unspecified atom stereocenters. The predicted octanol–water partition coefficient (Wildman–Crippen LogP) is 3.14. The number of allylic oxidation sites excluding steroid dienone is 1. The molecule has 2 heterocycles. The van der Waals surface area contributed by atoms with Crippen molar-refractivity contribution in [3.05, 3.63) is 41.3 Å². The Morgan fingerprint density at radius 2 is 2.25 bits per heavy atom. The number of aromatic nitrogens is 4. The molecule has 5 nitrogen and oxygen atoms in total. The fourth-order valence-electron chi connectivity index (χ4n) is 2.24. The van der Waals surface area contributed by atoms with Gasteiger partial charge in [-0.05, 0) is 32.3 Å². The molecule has 6 heteroatoms. The number of anilines is 1. The van der Waals surface area contributed by atoms with Crippen LogP contribution in [0.1, 0.15) is 25.0 Å². The van der Waals surface area contributed by atoms with Crippen LogP contribution in [0.15, 0.2) is 30.5 Å². The van der Waals surface area contributed by atoms with Crippen LogP contribution in [0.2, 0.25) is 5.15 Å². The normalized spacial score (nSPS) is 18.2. The van der Waals surface area contributed by atoms with Gasteiger partial charge in [-0.2, -0.15) is 15.1 Å². The highest BCUT2D eigenvalue weighted by Crippen LogP contribution is 2.19. The molecule has 0 amide bonds. The highest BCUT2D eigenvalue weighted by molar-refractivity contribution is 6.29. The van der Waals surface area contributed by atoms with Gasteiger partial charge in [0.2, 0.25) is 0 Å². The summed E-state index contributed by atoms with van der Waals surface area (Å²) in [6.07, 6.45) is 9.45. The van der Waals surface area contributed by atoms with Gasteiger partial charge in [-0.15, -0.1) is 0 Å². The standard InChI is InChI=1S/C14H16ClN5/c1-10-7-8-20(19-10)14-17-12(15)9-13(18-14)16-11-5-3-2-4-6-11/h2-3,7-9,11H,4-6H2,1H3,(H,16,17,18). The molecule has 0 fully saturated rings. The Balaban J connectivity index is 1.84. The molecule has 1 N–H and O–H groups in total. The third-order valence-electron chi connectivity index (χ3n) is 3.23. The van der Waals surface area contributed by atoms with Crippen molar-refractivity contribution in [2.45, 2.75) is 32.2 Å². The summed E-state index contributed by atoms with van der Waals surface area (Å²) in [5, 5.41) is 8.13. The van der Waals surface area contributed by atoms with Gasteiger partial charge >= 0.3 is 0 Å². The first kappa shape index (κ1) is 13.1. The zero-order valence-corrected chi connectivity index (χ0v) is 12.0. The molecule has 0 bridgehead atoms. The first-order valence-electron chi connectivity index (χ1n) is 6.69. The monoisotopic (exact) mass is 289 g/mol. The van der Waals surface area contributed by atoms with Crippen molar-refractivity contribution in [3.63, 3.8) is 0 Å². The van der Waals surface area contributed by atoms with Crippen molar-refractivity contribution >= 4 is 17.4 Å². The minimum Gasteiger partial charge on any atom is -0.367 e. The molecule has 1 aliphatic rings. The minimum absolute atomic E-state index is 0.401. The van der Waals surface area contributed by atoms with Crippen molar-refractivity contribution in [2.24, 2.45) is 0 Å². The molecular weight excluding hydrogens is 274 g/mol. The third kappa shape index (κ3) is 2.99. The molecule has 20 heavy (non-hydrogen) atoms. The van der Waals surface area contributed by atoms with Crippen LogP contribution in [-0.2, 0) is 0 Å². The Morgan fingerprint density at radius 1 is 1.35 bits per heavy atom. The average molecular weight is 290 g/mol. The topological polar surface area (TPSA) is 55.6 Å². The summed E-state index contributed by atoms with van der Waals surface area (Å²) in [5.74, 6) is 1.23. The van der Waals surface area contributed by atoms with Crippen LogP contribution in [0.25, 0.3) is 5.95 Å². The molecule has 0 saturated heterocycles. The molecule has 1 aliphatic carbocycles. The van der Waals surface area contributed by atoms with Crippen LogP contribution in [0.5, 0.6) is 0 Å². The fraction of sp³-hybridized carbons (Fsp3) is 0.357. The maximum atomic E-state index is 6.08. The number of halogens is 1. The molecule has 104 valence electrons. The number of aryl methyl sites for hydroxylation is 1. The lowest BCUT2D eigenvalue weighted by molar-refractivity contribution is 0.641. The lowest BCUT2D eigenvalue weighted by Crippen LogP contribution is -2.21. The summed E-state index contributed by atoms with van der Waals surface area (Å²) in [6.45, 7) is 1.93. The van der Waals surface area contributed by atoms with Gasteiger partial charge in [0.05, 0.1) is 5.69 Å². The predicted molar refractivity (Wildman–Crippen MR) is 79.3 cm³/mol. The zero-order valence-electron chi connectivity index (χ0n) is 11.3. The first-order valence-corrected chi connectivity index (χ1v) is 7.07. The summed E-state index contributed by atoms with van der Waals surface area (Å²) < 4.78 is 1.63. The van der Waals surface area contributed by atoms with E-state index in [1.54, 1.807) is 10.7 Å². The van der Waals surface area contributed by atoms with E-state index >= 15 is 0 Å². The molecule has 2 aromatic rings. The molecule has 0 aliphatic heterocycles. The Morgan fingerprint density at radius 3 is 2.95 bits per heavy atom. The van der Waals surface area contributed by atoms with Crippen molar-refractivity contribution in [3.8, 4) is 5.95 Å². The summed E-state index contributed by atoms with van der Waals surface area (Å²) in [4.78, 5) is 8.69. The van der Waals surface area contributed by atoms with Gasteiger partial charge in [-0.3, -0.25) is 0 Å². The van der Waals surface area contributed by atoms with E-state index in [1.165, 1.54) is 0 Å². The lowest BCUT2D eigenvalue weighted by Gasteiger charge is -2.20. The average Bonchev–Trinajstić information content (AvgIpc) is 2.86.